The Morgan fingerprint density at radius 1 is 1.29 bits per heavy atom. The summed E-state index contributed by atoms with van der Waals surface area (Å²) < 4.78 is 10.7. The lowest BCUT2D eigenvalue weighted by atomic mass is 10.0. The maximum atomic E-state index is 12.7. The number of ether oxygens (including phenoxy) is 2. The molecule has 6 nitrogen and oxygen atoms in total. The zero-order valence-corrected chi connectivity index (χ0v) is 14.3. The normalized spacial score (nSPS) is 17.1. The summed E-state index contributed by atoms with van der Waals surface area (Å²) in [5.74, 6) is 1.50. The summed E-state index contributed by atoms with van der Waals surface area (Å²) in [6.07, 6.45) is 2.29. The van der Waals surface area contributed by atoms with Crippen LogP contribution in [0.25, 0.3) is 0 Å². The maximum absolute atomic E-state index is 12.7. The molecular formula is C18H23N3O3. The first-order valence-electron chi connectivity index (χ1n) is 8.14. The van der Waals surface area contributed by atoms with E-state index in [-0.39, 0.29) is 11.9 Å². The van der Waals surface area contributed by atoms with Crippen LogP contribution in [0.3, 0.4) is 0 Å². The van der Waals surface area contributed by atoms with Crippen molar-refractivity contribution in [2.45, 2.75) is 32.2 Å². The molecule has 2 heterocycles. The molecule has 1 N–H and O–H groups in total. The number of carbonyl (C=O) groups is 1. The van der Waals surface area contributed by atoms with Gasteiger partial charge in [-0.2, -0.15) is 5.10 Å². The van der Waals surface area contributed by atoms with E-state index in [0.29, 0.717) is 17.9 Å². The van der Waals surface area contributed by atoms with Gasteiger partial charge in [-0.25, -0.2) is 0 Å². The summed E-state index contributed by atoms with van der Waals surface area (Å²) in [4.78, 5) is 14.7. The van der Waals surface area contributed by atoms with E-state index in [1.807, 2.05) is 36.1 Å². The van der Waals surface area contributed by atoms with Crippen LogP contribution in [0.1, 0.15) is 35.8 Å². The molecule has 1 aromatic heterocycles. The Morgan fingerprint density at radius 2 is 2.08 bits per heavy atom. The number of likely N-dealkylation sites (tertiary alicyclic amines) is 1. The van der Waals surface area contributed by atoms with E-state index in [1.54, 1.807) is 14.2 Å². The van der Waals surface area contributed by atoms with Gasteiger partial charge in [-0.05, 0) is 43.5 Å². The molecule has 3 rings (SSSR count). The molecule has 1 fully saturated rings. The zero-order valence-electron chi connectivity index (χ0n) is 14.3. The van der Waals surface area contributed by atoms with Crippen molar-refractivity contribution in [1.82, 2.24) is 15.1 Å². The number of hydrogen-bond donors (Lipinski definition) is 1. The molecule has 1 aliphatic rings. The van der Waals surface area contributed by atoms with E-state index in [2.05, 4.69) is 10.2 Å². The molecule has 0 radical (unpaired) electrons. The van der Waals surface area contributed by atoms with Gasteiger partial charge in [0, 0.05) is 12.2 Å². The van der Waals surface area contributed by atoms with Gasteiger partial charge in [0.1, 0.15) is 0 Å². The molecule has 0 saturated carbocycles. The summed E-state index contributed by atoms with van der Waals surface area (Å²) >= 11 is 0. The predicted octanol–water partition coefficient (Wildman–Crippen LogP) is 2.64. The molecule has 1 atom stereocenters. The molecule has 1 aromatic carbocycles. The van der Waals surface area contributed by atoms with Gasteiger partial charge >= 0.3 is 0 Å². The maximum Gasteiger partial charge on any atom is 0.229 e. The number of carbonyl (C=O) groups excluding carboxylic acids is 1. The highest BCUT2D eigenvalue weighted by atomic mass is 16.5. The van der Waals surface area contributed by atoms with Gasteiger partial charge in [0.2, 0.25) is 5.91 Å². The predicted molar refractivity (Wildman–Crippen MR) is 90.3 cm³/mol. The van der Waals surface area contributed by atoms with Crippen molar-refractivity contribution in [1.29, 1.82) is 0 Å². The number of aromatic nitrogens is 2. The molecule has 0 aliphatic carbocycles. The number of rotatable bonds is 5. The standard InChI is InChI=1S/C18H23N3O3/c1-12-9-14(20-19-12)11-18(22)21-8-4-5-15(21)13-6-7-16(23-2)17(10-13)24-3/h6-7,9-10,15H,4-5,8,11H2,1-3H3,(H,19,20)/t15-/m0/s1. The van der Waals surface area contributed by atoms with Crippen molar-refractivity contribution in [3.05, 3.63) is 41.2 Å². The lowest BCUT2D eigenvalue weighted by Crippen LogP contribution is -2.32. The summed E-state index contributed by atoms with van der Waals surface area (Å²) in [6, 6.07) is 7.87. The average Bonchev–Trinajstić information content (AvgIpc) is 3.23. The van der Waals surface area contributed by atoms with Gasteiger partial charge in [0.05, 0.1) is 32.4 Å². The molecule has 6 heteroatoms. The van der Waals surface area contributed by atoms with Gasteiger partial charge < -0.3 is 14.4 Å². The van der Waals surface area contributed by atoms with Crippen LogP contribution in [0.2, 0.25) is 0 Å². The molecule has 0 bridgehead atoms. The Kier molecular flexibility index (Phi) is 4.74. The molecule has 2 aromatic rings. The second-order valence-corrected chi connectivity index (χ2v) is 6.08. The first-order valence-corrected chi connectivity index (χ1v) is 8.14. The van der Waals surface area contributed by atoms with E-state index >= 15 is 0 Å². The fourth-order valence-electron chi connectivity index (χ4n) is 3.29. The van der Waals surface area contributed by atoms with E-state index < -0.39 is 0 Å². The van der Waals surface area contributed by atoms with Gasteiger partial charge in [-0.3, -0.25) is 9.89 Å². The number of aryl methyl sites for hydroxylation is 1. The Morgan fingerprint density at radius 3 is 2.75 bits per heavy atom. The van der Waals surface area contributed by atoms with Crippen LogP contribution in [0.15, 0.2) is 24.3 Å². The Hall–Kier alpha value is -2.50. The average molecular weight is 329 g/mol. The van der Waals surface area contributed by atoms with Gasteiger partial charge in [-0.1, -0.05) is 6.07 Å². The van der Waals surface area contributed by atoms with Crippen LogP contribution in [0.4, 0.5) is 0 Å². The number of nitrogens with one attached hydrogen (secondary N) is 1. The molecule has 1 amide bonds. The molecule has 0 unspecified atom stereocenters. The molecule has 1 saturated heterocycles. The minimum atomic E-state index is 0.0809. The third kappa shape index (κ3) is 3.22. The van der Waals surface area contributed by atoms with Crippen LogP contribution in [0, 0.1) is 6.92 Å². The van der Waals surface area contributed by atoms with Crippen molar-refractivity contribution >= 4 is 5.91 Å². The summed E-state index contributed by atoms with van der Waals surface area (Å²) in [5.41, 5.74) is 2.84. The van der Waals surface area contributed by atoms with Crippen LogP contribution in [0.5, 0.6) is 11.5 Å². The monoisotopic (exact) mass is 329 g/mol. The highest BCUT2D eigenvalue weighted by Crippen LogP contribution is 2.37. The second-order valence-electron chi connectivity index (χ2n) is 6.08. The number of amides is 1. The van der Waals surface area contributed by atoms with Crippen LogP contribution < -0.4 is 9.47 Å². The Bertz CT molecular complexity index is 726. The zero-order chi connectivity index (χ0) is 17.1. The number of nitrogens with zero attached hydrogens (tertiary/aromatic N) is 2. The minimum Gasteiger partial charge on any atom is -0.493 e. The Labute approximate surface area is 141 Å². The van der Waals surface area contributed by atoms with Gasteiger partial charge in [-0.15, -0.1) is 0 Å². The number of hydrogen-bond acceptors (Lipinski definition) is 4. The number of benzene rings is 1. The molecule has 128 valence electrons. The number of methoxy groups -OCH3 is 2. The smallest absolute Gasteiger partial charge is 0.229 e. The second kappa shape index (κ2) is 6.95. The van der Waals surface area contributed by atoms with Crippen LogP contribution >= 0.6 is 0 Å². The molecule has 1 aliphatic heterocycles. The van der Waals surface area contributed by atoms with Crippen molar-refractivity contribution in [2.75, 3.05) is 20.8 Å². The Balaban J connectivity index is 1.78. The topological polar surface area (TPSA) is 67.5 Å². The van der Waals surface area contributed by atoms with Crippen LogP contribution in [-0.2, 0) is 11.2 Å². The lowest BCUT2D eigenvalue weighted by molar-refractivity contribution is -0.131. The van der Waals surface area contributed by atoms with Gasteiger partial charge in [0.25, 0.3) is 0 Å². The number of aromatic amines is 1. The van der Waals surface area contributed by atoms with E-state index in [1.165, 1.54) is 0 Å². The summed E-state index contributed by atoms with van der Waals surface area (Å²) in [5, 5.41) is 7.05. The largest absolute Gasteiger partial charge is 0.493 e. The lowest BCUT2D eigenvalue weighted by Gasteiger charge is -2.25. The summed E-state index contributed by atoms with van der Waals surface area (Å²) in [7, 11) is 3.24. The molecule has 24 heavy (non-hydrogen) atoms. The fraction of sp³-hybridized carbons (Fsp3) is 0.444. The molecule has 0 spiro atoms. The van der Waals surface area contributed by atoms with Crippen molar-refractivity contribution < 1.29 is 14.3 Å². The van der Waals surface area contributed by atoms with Crippen molar-refractivity contribution in [3.8, 4) is 11.5 Å². The van der Waals surface area contributed by atoms with Gasteiger partial charge in [0.15, 0.2) is 11.5 Å². The first-order chi connectivity index (χ1) is 11.6. The fourth-order valence-corrected chi connectivity index (χ4v) is 3.29. The van der Waals surface area contributed by atoms with Crippen molar-refractivity contribution in [2.24, 2.45) is 0 Å². The molecular weight excluding hydrogens is 306 g/mol. The minimum absolute atomic E-state index is 0.0809. The SMILES string of the molecule is COc1ccc([C@@H]2CCCN2C(=O)Cc2cc(C)[nH]n2)cc1OC. The van der Waals surface area contributed by atoms with E-state index in [0.717, 1.165) is 36.3 Å². The first kappa shape index (κ1) is 16.4. The highest BCUT2D eigenvalue weighted by Gasteiger charge is 2.30. The highest BCUT2D eigenvalue weighted by molar-refractivity contribution is 5.79. The van der Waals surface area contributed by atoms with Crippen molar-refractivity contribution in [3.63, 3.8) is 0 Å². The van der Waals surface area contributed by atoms with E-state index in [4.69, 9.17) is 9.47 Å². The number of H-pyrrole nitrogens is 1. The van der Waals surface area contributed by atoms with Crippen LogP contribution in [-0.4, -0.2) is 41.8 Å². The third-order valence-corrected chi connectivity index (χ3v) is 4.46. The van der Waals surface area contributed by atoms with E-state index in [9.17, 15) is 4.79 Å². The summed E-state index contributed by atoms with van der Waals surface area (Å²) in [6.45, 7) is 2.71. The third-order valence-electron chi connectivity index (χ3n) is 4.46. The quantitative estimate of drug-likeness (QED) is 0.916.